The number of benzene rings is 3. The van der Waals surface area contributed by atoms with E-state index in [4.69, 9.17) is 14.1 Å². The lowest BCUT2D eigenvalue weighted by Crippen LogP contribution is -2.18. The maximum atomic E-state index is 13.1. The molecule has 3 aromatic carbocycles. The summed E-state index contributed by atoms with van der Waals surface area (Å²) in [6, 6.07) is 29.5. The number of hydrogen-bond donors (Lipinski definition) is 1. The van der Waals surface area contributed by atoms with Crippen LogP contribution in [0, 0.1) is 0 Å². The molecule has 37 heavy (non-hydrogen) atoms. The second-order valence-electron chi connectivity index (χ2n) is 8.14. The summed E-state index contributed by atoms with van der Waals surface area (Å²) in [5.74, 6) is 0.258. The highest BCUT2D eigenvalue weighted by Gasteiger charge is 2.14. The number of rotatable bonds is 7. The maximum absolute atomic E-state index is 13.1. The van der Waals surface area contributed by atoms with E-state index in [1.54, 1.807) is 43.3 Å². The number of hydrazone groups is 1. The minimum absolute atomic E-state index is 0.305. The van der Waals surface area contributed by atoms with Gasteiger partial charge in [-0.25, -0.2) is 15.2 Å². The highest BCUT2D eigenvalue weighted by Crippen LogP contribution is 2.25. The molecule has 5 rings (SSSR count). The van der Waals surface area contributed by atoms with Crippen LogP contribution in [0.25, 0.3) is 33.5 Å². The Balaban J connectivity index is 1.35. The predicted octanol–water partition coefficient (Wildman–Crippen LogP) is 6.10. The van der Waals surface area contributed by atoms with E-state index in [-0.39, 0.29) is 11.9 Å². The van der Waals surface area contributed by atoms with E-state index in [0.29, 0.717) is 34.9 Å². The molecule has 2 heterocycles. The number of nitrogens with one attached hydrogen (secondary N) is 1. The van der Waals surface area contributed by atoms with Crippen molar-refractivity contribution in [2.24, 2.45) is 5.10 Å². The normalized spacial score (nSPS) is 11.1. The molecule has 7 nitrogen and oxygen atoms in total. The Kier molecular flexibility index (Phi) is 6.85. The molecule has 7 heteroatoms. The first-order valence-electron chi connectivity index (χ1n) is 11.8. The molecule has 0 aliphatic heterocycles. The van der Waals surface area contributed by atoms with Crippen LogP contribution in [0.5, 0.6) is 0 Å². The zero-order valence-electron chi connectivity index (χ0n) is 20.0. The van der Waals surface area contributed by atoms with Crippen molar-refractivity contribution in [1.29, 1.82) is 0 Å². The van der Waals surface area contributed by atoms with Crippen LogP contribution in [-0.4, -0.2) is 29.7 Å². The van der Waals surface area contributed by atoms with Crippen molar-refractivity contribution in [3.63, 3.8) is 0 Å². The number of hydrogen-bond acceptors (Lipinski definition) is 6. The Morgan fingerprint density at radius 3 is 2.54 bits per heavy atom. The van der Waals surface area contributed by atoms with Gasteiger partial charge in [-0.1, -0.05) is 60.7 Å². The average molecular weight is 490 g/mol. The number of pyridine rings is 1. The Labute approximate surface area is 213 Å². The fourth-order valence-corrected chi connectivity index (χ4v) is 3.93. The molecule has 0 aliphatic rings. The van der Waals surface area contributed by atoms with E-state index < -0.39 is 0 Å². The standard InChI is InChI=1S/C30H23N3O4/c1-2-36-30(35)22-12-8-11-21(17-22)28-16-15-23(37-28)19-31-33-29(34)25-18-27(20-9-4-3-5-10-20)32-26-14-7-6-13-24(25)26/h3-19H,2H2,1H3,(H,33,34)/b31-19-. The number of carbonyl (C=O) groups is 2. The van der Waals surface area contributed by atoms with Crippen LogP contribution in [0.1, 0.15) is 33.4 Å². The van der Waals surface area contributed by atoms with Gasteiger partial charge in [0.15, 0.2) is 0 Å². The van der Waals surface area contributed by atoms with Gasteiger partial charge in [-0.3, -0.25) is 4.79 Å². The van der Waals surface area contributed by atoms with Crippen molar-refractivity contribution in [3.8, 4) is 22.6 Å². The van der Waals surface area contributed by atoms with Crippen molar-refractivity contribution in [3.05, 3.63) is 114 Å². The lowest BCUT2D eigenvalue weighted by molar-refractivity contribution is 0.0526. The van der Waals surface area contributed by atoms with Crippen molar-refractivity contribution in [2.45, 2.75) is 6.92 Å². The fraction of sp³-hybridized carbons (Fsp3) is 0.0667. The van der Waals surface area contributed by atoms with E-state index in [0.717, 1.165) is 22.0 Å². The summed E-state index contributed by atoms with van der Waals surface area (Å²) < 4.78 is 10.9. The van der Waals surface area contributed by atoms with Gasteiger partial charge in [0.25, 0.3) is 5.91 Å². The number of aromatic nitrogens is 1. The van der Waals surface area contributed by atoms with Gasteiger partial charge >= 0.3 is 5.97 Å². The average Bonchev–Trinajstić information content (AvgIpc) is 3.42. The topological polar surface area (TPSA) is 93.8 Å². The quantitative estimate of drug-likeness (QED) is 0.169. The van der Waals surface area contributed by atoms with E-state index >= 15 is 0 Å². The molecule has 5 aromatic rings. The first-order valence-corrected chi connectivity index (χ1v) is 11.8. The van der Waals surface area contributed by atoms with E-state index in [2.05, 4.69) is 10.5 Å². The van der Waals surface area contributed by atoms with Gasteiger partial charge in [0.05, 0.1) is 35.2 Å². The SMILES string of the molecule is CCOC(=O)c1cccc(-c2ccc(/C=N\NC(=O)c3cc(-c4ccccc4)nc4ccccc34)o2)c1. The first kappa shape index (κ1) is 23.7. The summed E-state index contributed by atoms with van der Waals surface area (Å²) in [5.41, 5.74) is 6.57. The molecule has 0 bridgehead atoms. The third-order valence-electron chi connectivity index (χ3n) is 5.67. The van der Waals surface area contributed by atoms with Gasteiger partial charge in [-0.15, -0.1) is 0 Å². The van der Waals surface area contributed by atoms with Gasteiger partial charge in [0, 0.05) is 16.5 Å². The first-order chi connectivity index (χ1) is 18.1. The molecule has 0 unspecified atom stereocenters. The van der Waals surface area contributed by atoms with E-state index in [1.807, 2.05) is 60.7 Å². The van der Waals surface area contributed by atoms with Crippen LogP contribution in [-0.2, 0) is 4.74 Å². The number of amides is 1. The summed E-state index contributed by atoms with van der Waals surface area (Å²) in [6.07, 6.45) is 1.43. The summed E-state index contributed by atoms with van der Waals surface area (Å²) in [6.45, 7) is 2.07. The van der Waals surface area contributed by atoms with Crippen molar-refractivity contribution < 1.29 is 18.7 Å². The van der Waals surface area contributed by atoms with Crippen molar-refractivity contribution in [1.82, 2.24) is 10.4 Å². The summed E-state index contributed by atoms with van der Waals surface area (Å²) >= 11 is 0. The number of nitrogens with zero attached hydrogens (tertiary/aromatic N) is 2. The molecule has 0 saturated heterocycles. The van der Waals surface area contributed by atoms with E-state index in [9.17, 15) is 9.59 Å². The number of fused-ring (bicyclic) bond motifs is 1. The van der Waals surface area contributed by atoms with Gasteiger partial charge in [0.1, 0.15) is 11.5 Å². The minimum atomic E-state index is -0.389. The molecule has 0 spiro atoms. The lowest BCUT2D eigenvalue weighted by Gasteiger charge is -2.09. The Morgan fingerprint density at radius 1 is 0.919 bits per heavy atom. The molecule has 2 aromatic heterocycles. The third kappa shape index (κ3) is 5.31. The fourth-order valence-electron chi connectivity index (χ4n) is 3.93. The molecular formula is C30H23N3O4. The van der Waals surface area contributed by atoms with Gasteiger partial charge < -0.3 is 9.15 Å². The Morgan fingerprint density at radius 2 is 1.70 bits per heavy atom. The summed E-state index contributed by atoms with van der Waals surface area (Å²) in [7, 11) is 0. The summed E-state index contributed by atoms with van der Waals surface area (Å²) in [5, 5.41) is 4.82. The van der Waals surface area contributed by atoms with Crippen LogP contribution in [0.3, 0.4) is 0 Å². The zero-order valence-corrected chi connectivity index (χ0v) is 20.0. The smallest absolute Gasteiger partial charge is 0.338 e. The van der Waals surface area contributed by atoms with Gasteiger partial charge in [-0.05, 0) is 43.3 Å². The number of esters is 1. The second kappa shape index (κ2) is 10.7. The largest absolute Gasteiger partial charge is 0.462 e. The van der Waals surface area contributed by atoms with Gasteiger partial charge in [0.2, 0.25) is 0 Å². The van der Waals surface area contributed by atoms with Crippen LogP contribution in [0.2, 0.25) is 0 Å². The minimum Gasteiger partial charge on any atom is -0.462 e. The predicted molar refractivity (Wildman–Crippen MR) is 142 cm³/mol. The van der Waals surface area contributed by atoms with Crippen LogP contribution >= 0.6 is 0 Å². The molecule has 0 fully saturated rings. The maximum Gasteiger partial charge on any atom is 0.338 e. The molecule has 0 saturated carbocycles. The molecule has 1 amide bonds. The lowest BCUT2D eigenvalue weighted by atomic mass is 10.0. The zero-order chi connectivity index (χ0) is 25.6. The van der Waals surface area contributed by atoms with E-state index in [1.165, 1.54) is 6.21 Å². The van der Waals surface area contributed by atoms with Crippen LogP contribution < -0.4 is 5.43 Å². The highest BCUT2D eigenvalue weighted by molar-refractivity contribution is 6.07. The second-order valence-corrected chi connectivity index (χ2v) is 8.14. The van der Waals surface area contributed by atoms with Crippen LogP contribution in [0.4, 0.5) is 0 Å². The number of ether oxygens (including phenoxy) is 1. The molecule has 0 aliphatic carbocycles. The summed E-state index contributed by atoms with van der Waals surface area (Å²) in [4.78, 5) is 29.8. The molecule has 0 atom stereocenters. The number of carbonyl (C=O) groups excluding carboxylic acids is 2. The van der Waals surface area contributed by atoms with Gasteiger partial charge in [-0.2, -0.15) is 5.10 Å². The number of furan rings is 1. The Hall–Kier alpha value is -5.04. The number of para-hydroxylation sites is 1. The van der Waals surface area contributed by atoms with Crippen LogP contribution in [0.15, 0.2) is 107 Å². The highest BCUT2D eigenvalue weighted by atomic mass is 16.5. The monoisotopic (exact) mass is 489 g/mol. The van der Waals surface area contributed by atoms with Crippen molar-refractivity contribution in [2.75, 3.05) is 6.61 Å². The third-order valence-corrected chi connectivity index (χ3v) is 5.67. The van der Waals surface area contributed by atoms with Crippen molar-refractivity contribution >= 4 is 29.0 Å². The Bertz CT molecular complexity index is 1610. The molecular weight excluding hydrogens is 466 g/mol. The molecule has 1 N–H and O–H groups in total. The molecule has 0 radical (unpaired) electrons. The molecule has 182 valence electrons.